The Labute approximate surface area is 189 Å². The van der Waals surface area contributed by atoms with Gasteiger partial charge in [-0.3, -0.25) is 14.4 Å². The lowest BCUT2D eigenvalue weighted by molar-refractivity contribution is -0.150. The van der Waals surface area contributed by atoms with Crippen LogP contribution >= 0.6 is 0 Å². The predicted octanol–water partition coefficient (Wildman–Crippen LogP) is 0.0343. The highest BCUT2D eigenvalue weighted by Crippen LogP contribution is 2.25. The van der Waals surface area contributed by atoms with Crippen molar-refractivity contribution in [3.63, 3.8) is 0 Å². The molecule has 2 aromatic rings. The standard InChI is InChI=1S/C23H23N5O5/c24-11-14-1-2-16(9-15(14)12-25)27-22(31)19(29)20-23(32)28(7-8-33-20)17-3-4-18-13(10-17)5-6-26-21(18)30/h1-4,9-10,19-20,29H,5-8,12,25H2,(H,26,30)(H,27,31)/t19-,20-/m1/s1. The summed E-state index contributed by atoms with van der Waals surface area (Å²) in [5, 5.41) is 25.0. The van der Waals surface area contributed by atoms with Gasteiger partial charge in [0.2, 0.25) is 0 Å². The van der Waals surface area contributed by atoms with E-state index in [-0.39, 0.29) is 25.6 Å². The molecule has 0 aromatic heterocycles. The van der Waals surface area contributed by atoms with Gasteiger partial charge in [0, 0.05) is 36.6 Å². The Morgan fingerprint density at radius 1 is 1.33 bits per heavy atom. The van der Waals surface area contributed by atoms with Gasteiger partial charge in [0.15, 0.2) is 12.2 Å². The first-order valence-electron chi connectivity index (χ1n) is 10.5. The number of benzene rings is 2. The van der Waals surface area contributed by atoms with Gasteiger partial charge in [0.05, 0.1) is 18.2 Å². The number of nitrogens with two attached hydrogens (primary N) is 1. The summed E-state index contributed by atoms with van der Waals surface area (Å²) in [6, 6.07) is 11.7. The van der Waals surface area contributed by atoms with Gasteiger partial charge < -0.3 is 31.1 Å². The second kappa shape index (κ2) is 9.38. The number of amides is 3. The SMILES string of the molecule is N#Cc1ccc(NC(=O)[C@H](O)[C@H]2OCCN(c3ccc4c(c3)CCNC4=O)C2=O)cc1CN. The molecule has 4 rings (SSSR count). The fourth-order valence-electron chi connectivity index (χ4n) is 3.97. The second-order valence-electron chi connectivity index (χ2n) is 7.75. The summed E-state index contributed by atoms with van der Waals surface area (Å²) in [4.78, 5) is 39.1. The third-order valence-electron chi connectivity index (χ3n) is 5.72. The zero-order valence-electron chi connectivity index (χ0n) is 17.7. The molecule has 2 aliphatic rings. The maximum Gasteiger partial charge on any atom is 0.259 e. The van der Waals surface area contributed by atoms with E-state index in [1.165, 1.54) is 17.0 Å². The molecule has 2 heterocycles. The third kappa shape index (κ3) is 4.42. The number of nitrogens with zero attached hydrogens (tertiary/aromatic N) is 2. The van der Waals surface area contributed by atoms with Crippen LogP contribution in [0.4, 0.5) is 11.4 Å². The van der Waals surface area contributed by atoms with Crippen molar-refractivity contribution in [2.75, 3.05) is 29.9 Å². The van der Waals surface area contributed by atoms with Gasteiger partial charge in [-0.2, -0.15) is 5.26 Å². The van der Waals surface area contributed by atoms with E-state index in [1.807, 2.05) is 6.07 Å². The van der Waals surface area contributed by atoms with Gasteiger partial charge in [-0.05, 0) is 53.9 Å². The fraction of sp³-hybridized carbons (Fsp3) is 0.304. The average Bonchev–Trinajstić information content (AvgIpc) is 2.83. The number of ether oxygens (including phenoxy) is 1. The first-order chi connectivity index (χ1) is 15.9. The molecule has 5 N–H and O–H groups in total. The van der Waals surface area contributed by atoms with Gasteiger partial charge in [-0.25, -0.2) is 0 Å². The summed E-state index contributed by atoms with van der Waals surface area (Å²) in [5.41, 5.74) is 8.89. The number of anilines is 2. The number of morpholine rings is 1. The van der Waals surface area contributed by atoms with Gasteiger partial charge in [0.1, 0.15) is 0 Å². The predicted molar refractivity (Wildman–Crippen MR) is 118 cm³/mol. The number of aliphatic hydroxyl groups excluding tert-OH is 1. The van der Waals surface area contributed by atoms with E-state index in [0.29, 0.717) is 41.0 Å². The van der Waals surface area contributed by atoms with Crippen molar-refractivity contribution in [3.05, 3.63) is 58.7 Å². The summed E-state index contributed by atoms with van der Waals surface area (Å²) in [6.07, 6.45) is -2.48. The summed E-state index contributed by atoms with van der Waals surface area (Å²) in [5.74, 6) is -1.52. The molecule has 1 fully saturated rings. The van der Waals surface area contributed by atoms with E-state index in [4.69, 9.17) is 15.7 Å². The molecule has 10 nitrogen and oxygen atoms in total. The number of carbonyl (C=O) groups excluding carboxylic acids is 3. The molecule has 0 bridgehead atoms. The quantitative estimate of drug-likeness (QED) is 0.501. The van der Waals surface area contributed by atoms with Gasteiger partial charge in [-0.1, -0.05) is 0 Å². The zero-order valence-corrected chi connectivity index (χ0v) is 17.7. The van der Waals surface area contributed by atoms with Gasteiger partial charge >= 0.3 is 0 Å². The summed E-state index contributed by atoms with van der Waals surface area (Å²) < 4.78 is 5.44. The number of nitrogens with one attached hydrogen (secondary N) is 2. The average molecular weight is 449 g/mol. The largest absolute Gasteiger partial charge is 0.380 e. The Hall–Kier alpha value is -3.78. The van der Waals surface area contributed by atoms with Crippen LogP contribution in [0, 0.1) is 11.3 Å². The Morgan fingerprint density at radius 3 is 2.91 bits per heavy atom. The molecule has 33 heavy (non-hydrogen) atoms. The highest BCUT2D eigenvalue weighted by atomic mass is 16.5. The minimum absolute atomic E-state index is 0.108. The molecule has 0 aliphatic carbocycles. The molecule has 10 heteroatoms. The second-order valence-corrected chi connectivity index (χ2v) is 7.75. The third-order valence-corrected chi connectivity index (χ3v) is 5.72. The van der Waals surface area contributed by atoms with Crippen LogP contribution in [0.15, 0.2) is 36.4 Å². The highest BCUT2D eigenvalue weighted by Gasteiger charge is 2.39. The minimum Gasteiger partial charge on any atom is -0.380 e. The summed E-state index contributed by atoms with van der Waals surface area (Å²) >= 11 is 0. The first kappa shape index (κ1) is 22.4. The number of hydrogen-bond donors (Lipinski definition) is 4. The van der Waals surface area contributed by atoms with Crippen LogP contribution < -0.4 is 21.3 Å². The van der Waals surface area contributed by atoms with Crippen LogP contribution in [0.1, 0.15) is 27.0 Å². The van der Waals surface area contributed by atoms with Crippen molar-refractivity contribution in [1.29, 1.82) is 5.26 Å². The van der Waals surface area contributed by atoms with E-state index >= 15 is 0 Å². The van der Waals surface area contributed by atoms with E-state index < -0.39 is 24.0 Å². The van der Waals surface area contributed by atoms with Crippen LogP contribution in [0.25, 0.3) is 0 Å². The normalized spacial score (nSPS) is 18.7. The van der Waals surface area contributed by atoms with Crippen molar-refractivity contribution < 1.29 is 24.2 Å². The highest BCUT2D eigenvalue weighted by molar-refractivity contribution is 6.04. The van der Waals surface area contributed by atoms with E-state index in [0.717, 1.165) is 5.56 Å². The fourth-order valence-corrected chi connectivity index (χ4v) is 3.97. The summed E-state index contributed by atoms with van der Waals surface area (Å²) in [6.45, 7) is 1.02. The molecule has 0 saturated carbocycles. The number of fused-ring (bicyclic) bond motifs is 1. The van der Waals surface area contributed by atoms with E-state index in [1.54, 1.807) is 24.3 Å². The van der Waals surface area contributed by atoms with Crippen LogP contribution in [-0.2, 0) is 27.3 Å². The van der Waals surface area contributed by atoms with Crippen molar-refractivity contribution in [3.8, 4) is 6.07 Å². The zero-order chi connectivity index (χ0) is 23.5. The van der Waals surface area contributed by atoms with Crippen molar-refractivity contribution in [2.45, 2.75) is 25.2 Å². The molecule has 2 aliphatic heterocycles. The number of rotatable bonds is 5. The molecule has 2 atom stereocenters. The number of aliphatic hydroxyl groups is 1. The maximum absolute atomic E-state index is 13.1. The van der Waals surface area contributed by atoms with Crippen molar-refractivity contribution in [1.82, 2.24) is 5.32 Å². The molecular formula is C23H23N5O5. The van der Waals surface area contributed by atoms with Crippen LogP contribution in [0.5, 0.6) is 0 Å². The number of hydrogen-bond acceptors (Lipinski definition) is 7. The number of carbonyl (C=O) groups is 3. The van der Waals surface area contributed by atoms with E-state index in [9.17, 15) is 19.5 Å². The van der Waals surface area contributed by atoms with Gasteiger partial charge in [-0.15, -0.1) is 0 Å². The molecule has 3 amide bonds. The maximum atomic E-state index is 13.1. The lowest BCUT2D eigenvalue weighted by Gasteiger charge is -2.34. The van der Waals surface area contributed by atoms with Gasteiger partial charge in [0.25, 0.3) is 17.7 Å². The van der Waals surface area contributed by atoms with Crippen molar-refractivity contribution >= 4 is 29.1 Å². The Balaban J connectivity index is 1.49. The lowest BCUT2D eigenvalue weighted by Crippen LogP contribution is -2.55. The Morgan fingerprint density at radius 2 is 2.15 bits per heavy atom. The van der Waals surface area contributed by atoms with Crippen LogP contribution in [0.2, 0.25) is 0 Å². The molecule has 0 spiro atoms. The minimum atomic E-state index is -1.75. The Bertz CT molecular complexity index is 1160. The molecule has 0 unspecified atom stereocenters. The number of nitriles is 1. The first-order valence-corrected chi connectivity index (χ1v) is 10.5. The smallest absolute Gasteiger partial charge is 0.259 e. The van der Waals surface area contributed by atoms with Crippen LogP contribution in [-0.4, -0.2) is 54.7 Å². The Kier molecular flexibility index (Phi) is 6.37. The topological polar surface area (TPSA) is 158 Å². The van der Waals surface area contributed by atoms with Crippen molar-refractivity contribution in [2.24, 2.45) is 5.73 Å². The molecule has 170 valence electrons. The molecular weight excluding hydrogens is 426 g/mol. The lowest BCUT2D eigenvalue weighted by atomic mass is 9.99. The molecule has 0 radical (unpaired) electrons. The van der Waals surface area contributed by atoms with Crippen LogP contribution in [0.3, 0.4) is 0 Å². The van der Waals surface area contributed by atoms with E-state index in [2.05, 4.69) is 10.6 Å². The monoisotopic (exact) mass is 449 g/mol. The summed E-state index contributed by atoms with van der Waals surface area (Å²) in [7, 11) is 0. The molecule has 2 aromatic carbocycles. The molecule has 1 saturated heterocycles.